The van der Waals surface area contributed by atoms with Gasteiger partial charge < -0.3 is 5.32 Å². The predicted molar refractivity (Wildman–Crippen MR) is 118 cm³/mol. The summed E-state index contributed by atoms with van der Waals surface area (Å²) in [5.74, 6) is -0.577. The lowest BCUT2D eigenvalue weighted by Crippen LogP contribution is -2.47. The molecule has 0 radical (unpaired) electrons. The quantitative estimate of drug-likeness (QED) is 0.423. The lowest BCUT2D eigenvalue weighted by Gasteiger charge is -2.37. The van der Waals surface area contributed by atoms with Crippen molar-refractivity contribution in [3.05, 3.63) is 64.7 Å². The highest BCUT2D eigenvalue weighted by atomic mass is 16.6. The first-order valence-electron chi connectivity index (χ1n) is 10.1. The molecule has 0 heterocycles. The van der Waals surface area contributed by atoms with Crippen LogP contribution >= 0.6 is 0 Å². The zero-order chi connectivity index (χ0) is 22.4. The number of hydrazone groups is 1. The minimum Gasteiger partial charge on any atom is -0.325 e. The minimum atomic E-state index is -1.20. The van der Waals surface area contributed by atoms with Gasteiger partial charge in [0.1, 0.15) is 11.1 Å². The van der Waals surface area contributed by atoms with Gasteiger partial charge in [-0.1, -0.05) is 39.0 Å². The van der Waals surface area contributed by atoms with Gasteiger partial charge in [-0.3, -0.25) is 25.1 Å². The van der Waals surface area contributed by atoms with Crippen molar-refractivity contribution in [1.29, 1.82) is 0 Å². The fourth-order valence-corrected chi connectivity index (χ4v) is 5.01. The number of nitro groups is 1. The summed E-state index contributed by atoms with van der Waals surface area (Å²) in [5, 5.41) is 18.1. The number of rotatable bonds is 5. The highest BCUT2D eigenvalue weighted by Gasteiger charge is 2.76. The van der Waals surface area contributed by atoms with Crippen LogP contribution in [0.3, 0.4) is 0 Å². The minimum absolute atomic E-state index is 0.0289. The van der Waals surface area contributed by atoms with Crippen molar-refractivity contribution in [1.82, 2.24) is 0 Å². The molecule has 2 unspecified atom stereocenters. The van der Waals surface area contributed by atoms with Crippen LogP contribution in [0.1, 0.15) is 33.6 Å². The number of Topliss-reactive ketones (excluding diaryl/α,β-unsaturated/α-hetero) is 1. The Balaban J connectivity index is 1.65. The number of hydrogen-bond donors (Lipinski definition) is 2. The van der Waals surface area contributed by atoms with E-state index in [4.69, 9.17) is 0 Å². The third kappa shape index (κ3) is 2.85. The van der Waals surface area contributed by atoms with E-state index in [0.717, 1.165) is 0 Å². The van der Waals surface area contributed by atoms with Crippen LogP contribution in [0.15, 0.2) is 59.7 Å². The molecule has 0 aliphatic heterocycles. The summed E-state index contributed by atoms with van der Waals surface area (Å²) in [6, 6.07) is 14.9. The molecule has 0 spiro atoms. The monoisotopic (exact) mass is 420 g/mol. The number of amides is 1. The maximum Gasteiger partial charge on any atom is 0.269 e. The molecule has 31 heavy (non-hydrogen) atoms. The number of hydrogen-bond acceptors (Lipinski definition) is 6. The number of non-ortho nitro benzene ring substituents is 1. The first-order chi connectivity index (χ1) is 14.6. The van der Waals surface area contributed by atoms with Gasteiger partial charge in [0.15, 0.2) is 5.78 Å². The number of nitro benzene ring substituents is 1. The van der Waals surface area contributed by atoms with Gasteiger partial charge in [0.05, 0.1) is 10.6 Å². The Bertz CT molecular complexity index is 1090. The summed E-state index contributed by atoms with van der Waals surface area (Å²) in [6.07, 6.45) is 1.12. The molecule has 2 aliphatic rings. The predicted octanol–water partition coefficient (Wildman–Crippen LogP) is 4.40. The number of carbonyl (C=O) groups excluding carboxylic acids is 2. The molecule has 160 valence electrons. The van der Waals surface area contributed by atoms with E-state index < -0.39 is 21.2 Å². The first kappa shape index (κ1) is 20.7. The van der Waals surface area contributed by atoms with Crippen molar-refractivity contribution >= 4 is 34.5 Å². The summed E-state index contributed by atoms with van der Waals surface area (Å²) in [4.78, 5) is 37.3. The van der Waals surface area contributed by atoms with Crippen LogP contribution in [0, 0.1) is 26.4 Å². The van der Waals surface area contributed by atoms with Gasteiger partial charge in [0, 0.05) is 23.2 Å². The maximum atomic E-state index is 13.6. The number of benzene rings is 2. The van der Waals surface area contributed by atoms with Gasteiger partial charge in [0.2, 0.25) is 5.91 Å². The molecule has 2 saturated carbocycles. The Morgan fingerprint density at radius 1 is 1.00 bits per heavy atom. The Morgan fingerprint density at radius 3 is 2.26 bits per heavy atom. The summed E-state index contributed by atoms with van der Waals surface area (Å²) < 4.78 is 0. The molecule has 2 aromatic carbocycles. The topological polar surface area (TPSA) is 114 Å². The van der Waals surface area contributed by atoms with Crippen molar-refractivity contribution in [3.63, 3.8) is 0 Å². The largest absolute Gasteiger partial charge is 0.325 e. The van der Waals surface area contributed by atoms with E-state index in [-0.39, 0.29) is 17.4 Å². The van der Waals surface area contributed by atoms with E-state index in [1.165, 1.54) is 24.3 Å². The number of fused-ring (bicyclic) bond motifs is 2. The molecule has 1 amide bonds. The molecule has 2 N–H and O–H groups in total. The lowest BCUT2D eigenvalue weighted by atomic mass is 9.64. The Hall–Kier alpha value is -3.55. The molecule has 2 bridgehead atoms. The number of carbonyl (C=O) groups is 2. The molecular weight excluding hydrogens is 396 g/mol. The van der Waals surface area contributed by atoms with Gasteiger partial charge in [-0.05, 0) is 42.5 Å². The second-order valence-electron chi connectivity index (χ2n) is 8.89. The number of nitrogens with zero attached hydrogens (tertiary/aromatic N) is 2. The van der Waals surface area contributed by atoms with E-state index >= 15 is 0 Å². The number of anilines is 2. The Labute approximate surface area is 179 Å². The van der Waals surface area contributed by atoms with Crippen molar-refractivity contribution in [2.75, 3.05) is 10.7 Å². The van der Waals surface area contributed by atoms with Gasteiger partial charge in [-0.2, -0.15) is 5.10 Å². The molecule has 0 aromatic heterocycles. The van der Waals surface area contributed by atoms with Crippen LogP contribution in [-0.2, 0) is 9.59 Å². The smallest absolute Gasteiger partial charge is 0.269 e. The van der Waals surface area contributed by atoms with Crippen molar-refractivity contribution in [2.45, 2.75) is 33.6 Å². The van der Waals surface area contributed by atoms with Crippen LogP contribution in [0.25, 0.3) is 0 Å². The van der Waals surface area contributed by atoms with Crippen molar-refractivity contribution < 1.29 is 14.5 Å². The maximum absolute atomic E-state index is 13.6. The normalized spacial score (nSPS) is 27.3. The number of ketones is 1. The third-order valence-electron chi connectivity index (χ3n) is 7.37. The van der Waals surface area contributed by atoms with Crippen molar-refractivity contribution in [3.8, 4) is 0 Å². The van der Waals surface area contributed by atoms with E-state index in [0.29, 0.717) is 29.9 Å². The zero-order valence-electron chi connectivity index (χ0n) is 17.6. The fraction of sp³-hybridized carbons (Fsp3) is 0.348. The average Bonchev–Trinajstić information content (AvgIpc) is 3.02. The second-order valence-corrected chi connectivity index (χ2v) is 8.89. The van der Waals surface area contributed by atoms with Crippen LogP contribution in [0.5, 0.6) is 0 Å². The van der Waals surface area contributed by atoms with E-state index in [2.05, 4.69) is 15.8 Å². The molecule has 2 aliphatic carbocycles. The molecule has 2 atom stereocenters. The standard InChI is InChI=1S/C23H24N4O4/c1-21(2)22(3)13-14-23(21,20(29)24-15-7-5-4-6-8-15)19(28)18(22)26-25-16-9-11-17(12-10-16)27(30)31/h4-12,25H,13-14H2,1-3H3,(H,24,29)/b26-18+. The highest BCUT2D eigenvalue weighted by Crippen LogP contribution is 2.69. The molecule has 4 rings (SSSR count). The third-order valence-corrected chi connectivity index (χ3v) is 7.37. The van der Waals surface area contributed by atoms with Gasteiger partial charge in [-0.25, -0.2) is 0 Å². The first-order valence-corrected chi connectivity index (χ1v) is 10.1. The van der Waals surface area contributed by atoms with Gasteiger partial charge >= 0.3 is 0 Å². The van der Waals surface area contributed by atoms with Crippen LogP contribution in [0.2, 0.25) is 0 Å². The SMILES string of the molecule is CC12CCC(C(=O)Nc3ccccc3)(C(=O)/C1=N\Nc1ccc([N+](=O)[O-])cc1)C2(C)C. The van der Waals surface area contributed by atoms with Gasteiger partial charge in [-0.15, -0.1) is 0 Å². The molecule has 8 heteroatoms. The number of nitrogens with one attached hydrogen (secondary N) is 2. The number of para-hydroxylation sites is 1. The fourth-order valence-electron chi connectivity index (χ4n) is 5.01. The Kier molecular flexibility index (Phi) is 4.68. The van der Waals surface area contributed by atoms with E-state index in [1.54, 1.807) is 12.1 Å². The Morgan fingerprint density at radius 2 is 1.65 bits per heavy atom. The molecule has 8 nitrogen and oxygen atoms in total. The molecule has 0 saturated heterocycles. The van der Waals surface area contributed by atoms with E-state index in [1.807, 2.05) is 39.0 Å². The summed E-state index contributed by atoms with van der Waals surface area (Å²) in [6.45, 7) is 5.89. The molecule has 2 aromatic rings. The summed E-state index contributed by atoms with van der Waals surface area (Å²) in [5.41, 5.74) is 1.92. The van der Waals surface area contributed by atoms with E-state index in [9.17, 15) is 19.7 Å². The van der Waals surface area contributed by atoms with Crippen LogP contribution in [-0.4, -0.2) is 22.3 Å². The second kappa shape index (κ2) is 7.01. The summed E-state index contributed by atoms with van der Waals surface area (Å²) in [7, 11) is 0. The molecule has 2 fully saturated rings. The molecular formula is C23H24N4O4. The average molecular weight is 420 g/mol. The zero-order valence-corrected chi connectivity index (χ0v) is 17.6. The van der Waals surface area contributed by atoms with Gasteiger partial charge in [0.25, 0.3) is 5.69 Å². The lowest BCUT2D eigenvalue weighted by molar-refractivity contribution is -0.384. The van der Waals surface area contributed by atoms with Crippen LogP contribution in [0.4, 0.5) is 17.1 Å². The van der Waals surface area contributed by atoms with Crippen molar-refractivity contribution in [2.24, 2.45) is 21.3 Å². The van der Waals surface area contributed by atoms with Crippen LogP contribution < -0.4 is 10.7 Å². The summed E-state index contributed by atoms with van der Waals surface area (Å²) >= 11 is 0. The highest BCUT2D eigenvalue weighted by molar-refractivity contribution is 6.51.